The zero-order valence-corrected chi connectivity index (χ0v) is 13.9. The third-order valence-corrected chi connectivity index (χ3v) is 4.51. The molecule has 3 aromatic rings. The Labute approximate surface area is 138 Å². The monoisotopic (exact) mass is 326 g/mol. The van der Waals surface area contributed by atoms with E-state index in [0.29, 0.717) is 5.16 Å². The first-order chi connectivity index (χ1) is 11.2. The molecule has 2 aromatic carbocycles. The topological polar surface area (TPSA) is 70.7 Å². The van der Waals surface area contributed by atoms with Crippen LogP contribution >= 0.6 is 11.8 Å². The van der Waals surface area contributed by atoms with Crippen LogP contribution in [0.2, 0.25) is 0 Å². The van der Waals surface area contributed by atoms with Gasteiger partial charge >= 0.3 is 0 Å². The number of rotatable bonds is 5. The lowest BCUT2D eigenvalue weighted by molar-refractivity contribution is -0.115. The Hall–Kier alpha value is -2.34. The molecule has 3 rings (SSSR count). The van der Waals surface area contributed by atoms with Crippen LogP contribution in [0.1, 0.15) is 19.7 Å². The molecule has 2 N–H and O–H groups in total. The molecule has 0 radical (unpaired) electrons. The van der Waals surface area contributed by atoms with Crippen LogP contribution in [0.3, 0.4) is 0 Å². The third kappa shape index (κ3) is 3.53. The molecule has 0 saturated carbocycles. The molecule has 6 heteroatoms. The van der Waals surface area contributed by atoms with Crippen molar-refractivity contribution < 1.29 is 4.79 Å². The Balaban J connectivity index is 1.72. The summed E-state index contributed by atoms with van der Waals surface area (Å²) >= 11 is 1.35. The molecule has 0 fully saturated rings. The van der Waals surface area contributed by atoms with Gasteiger partial charge in [0.2, 0.25) is 11.1 Å². The molecule has 0 aliphatic rings. The zero-order chi connectivity index (χ0) is 16.2. The summed E-state index contributed by atoms with van der Waals surface area (Å²) in [7, 11) is 0. The van der Waals surface area contributed by atoms with Gasteiger partial charge in [-0.1, -0.05) is 55.1 Å². The molecule has 5 nitrogen and oxygen atoms in total. The Morgan fingerprint density at radius 1 is 1.26 bits per heavy atom. The number of anilines is 1. The highest BCUT2D eigenvalue weighted by Gasteiger charge is 2.17. The van der Waals surface area contributed by atoms with Crippen LogP contribution < -0.4 is 5.32 Å². The number of carbonyl (C=O) groups excluding carboxylic acids is 1. The van der Waals surface area contributed by atoms with Gasteiger partial charge in [0.15, 0.2) is 0 Å². The second kappa shape index (κ2) is 6.83. The Kier molecular flexibility index (Phi) is 4.62. The molecule has 1 heterocycles. The van der Waals surface area contributed by atoms with Crippen LogP contribution in [0.4, 0.5) is 5.69 Å². The number of nitrogens with zero attached hydrogens (tertiary/aromatic N) is 2. The normalized spacial score (nSPS) is 12.3. The number of nitrogens with one attached hydrogen (secondary N) is 2. The average molecular weight is 326 g/mol. The smallest absolute Gasteiger partial charge is 0.237 e. The molecule has 0 aliphatic carbocycles. The molecule has 0 saturated heterocycles. The molecule has 0 aliphatic heterocycles. The molecular formula is C17H18N4OS. The van der Waals surface area contributed by atoms with E-state index in [9.17, 15) is 4.79 Å². The van der Waals surface area contributed by atoms with E-state index < -0.39 is 0 Å². The van der Waals surface area contributed by atoms with Gasteiger partial charge in [-0.15, -0.1) is 5.10 Å². The van der Waals surface area contributed by atoms with Crippen molar-refractivity contribution in [3.63, 3.8) is 0 Å². The SMILES string of the molecule is CCc1nc(SC(C)C(=O)Nc2cccc3ccccc23)n[nH]1. The van der Waals surface area contributed by atoms with Crippen molar-refractivity contribution in [3.05, 3.63) is 48.3 Å². The van der Waals surface area contributed by atoms with Crippen molar-refractivity contribution in [1.82, 2.24) is 15.2 Å². The highest BCUT2D eigenvalue weighted by Crippen LogP contribution is 2.25. The number of thioether (sulfide) groups is 1. The third-order valence-electron chi connectivity index (χ3n) is 3.55. The molecular weight excluding hydrogens is 308 g/mol. The fourth-order valence-electron chi connectivity index (χ4n) is 2.27. The Morgan fingerprint density at radius 2 is 2.04 bits per heavy atom. The van der Waals surface area contributed by atoms with E-state index in [-0.39, 0.29) is 11.2 Å². The molecule has 1 aromatic heterocycles. The molecule has 118 valence electrons. The van der Waals surface area contributed by atoms with E-state index in [1.54, 1.807) is 0 Å². The van der Waals surface area contributed by atoms with Crippen molar-refractivity contribution in [2.75, 3.05) is 5.32 Å². The highest BCUT2D eigenvalue weighted by molar-refractivity contribution is 8.00. The first kappa shape index (κ1) is 15.6. The van der Waals surface area contributed by atoms with E-state index in [1.807, 2.05) is 56.3 Å². The lowest BCUT2D eigenvalue weighted by Gasteiger charge is -2.12. The van der Waals surface area contributed by atoms with Crippen molar-refractivity contribution >= 4 is 34.1 Å². The van der Waals surface area contributed by atoms with Gasteiger partial charge in [-0.25, -0.2) is 4.98 Å². The summed E-state index contributed by atoms with van der Waals surface area (Å²) in [5, 5.41) is 12.4. The summed E-state index contributed by atoms with van der Waals surface area (Å²) in [6.07, 6.45) is 0.796. The Morgan fingerprint density at radius 3 is 2.83 bits per heavy atom. The molecule has 23 heavy (non-hydrogen) atoms. The second-order valence-corrected chi connectivity index (χ2v) is 6.50. The largest absolute Gasteiger partial charge is 0.325 e. The number of carbonyl (C=O) groups is 1. The van der Waals surface area contributed by atoms with Gasteiger partial charge < -0.3 is 5.32 Å². The summed E-state index contributed by atoms with van der Waals surface area (Å²) < 4.78 is 0. The minimum absolute atomic E-state index is 0.0609. The van der Waals surface area contributed by atoms with Crippen LogP contribution in [0.15, 0.2) is 47.6 Å². The molecule has 0 spiro atoms. The van der Waals surface area contributed by atoms with Crippen molar-refractivity contribution in [2.24, 2.45) is 0 Å². The number of aromatic amines is 1. The van der Waals surface area contributed by atoms with Crippen molar-refractivity contribution in [2.45, 2.75) is 30.7 Å². The van der Waals surface area contributed by atoms with Crippen molar-refractivity contribution in [3.8, 4) is 0 Å². The number of aryl methyl sites for hydroxylation is 1. The van der Waals surface area contributed by atoms with Gasteiger partial charge in [0.05, 0.1) is 5.25 Å². The fraction of sp³-hybridized carbons (Fsp3) is 0.235. The molecule has 1 atom stereocenters. The average Bonchev–Trinajstić information content (AvgIpc) is 3.02. The molecule has 0 bridgehead atoms. The van der Waals surface area contributed by atoms with Gasteiger partial charge in [-0.05, 0) is 18.4 Å². The summed E-state index contributed by atoms with van der Waals surface area (Å²) in [6, 6.07) is 13.9. The lowest BCUT2D eigenvalue weighted by Crippen LogP contribution is -2.22. The summed E-state index contributed by atoms with van der Waals surface area (Å²) in [6.45, 7) is 3.86. The van der Waals surface area contributed by atoms with Crippen LogP contribution in [-0.2, 0) is 11.2 Å². The fourth-order valence-corrected chi connectivity index (χ4v) is 3.01. The predicted octanol–water partition coefficient (Wildman–Crippen LogP) is 3.64. The second-order valence-electron chi connectivity index (χ2n) is 5.19. The number of benzene rings is 2. The molecule has 1 unspecified atom stereocenters. The van der Waals surface area contributed by atoms with E-state index in [1.165, 1.54) is 11.8 Å². The quantitative estimate of drug-likeness (QED) is 0.702. The Bertz CT molecular complexity index is 825. The molecule has 1 amide bonds. The summed E-state index contributed by atoms with van der Waals surface area (Å²) in [5.74, 6) is 0.767. The van der Waals surface area contributed by atoms with Crippen LogP contribution in [0.5, 0.6) is 0 Å². The van der Waals surface area contributed by atoms with E-state index in [0.717, 1.165) is 28.7 Å². The maximum Gasteiger partial charge on any atom is 0.237 e. The van der Waals surface area contributed by atoms with E-state index >= 15 is 0 Å². The number of hydrogen-bond donors (Lipinski definition) is 2. The number of H-pyrrole nitrogens is 1. The zero-order valence-electron chi connectivity index (χ0n) is 13.0. The first-order valence-electron chi connectivity index (χ1n) is 7.54. The van der Waals surface area contributed by atoms with Gasteiger partial charge in [0.25, 0.3) is 0 Å². The van der Waals surface area contributed by atoms with E-state index in [4.69, 9.17) is 0 Å². The number of hydrogen-bond acceptors (Lipinski definition) is 4. The minimum atomic E-state index is -0.283. The summed E-state index contributed by atoms with van der Waals surface area (Å²) in [5.41, 5.74) is 0.824. The van der Waals surface area contributed by atoms with Crippen LogP contribution in [-0.4, -0.2) is 26.3 Å². The standard InChI is InChI=1S/C17H18N4OS/c1-3-15-19-17(21-20-15)23-11(2)16(22)18-14-10-6-8-12-7-4-5-9-13(12)14/h4-11H,3H2,1-2H3,(H,18,22)(H,19,20,21). The minimum Gasteiger partial charge on any atom is -0.325 e. The highest BCUT2D eigenvalue weighted by atomic mass is 32.2. The summed E-state index contributed by atoms with van der Waals surface area (Å²) in [4.78, 5) is 16.8. The number of fused-ring (bicyclic) bond motifs is 1. The van der Waals surface area contributed by atoms with Gasteiger partial charge in [-0.3, -0.25) is 9.89 Å². The van der Waals surface area contributed by atoms with Crippen LogP contribution in [0.25, 0.3) is 10.8 Å². The lowest BCUT2D eigenvalue weighted by atomic mass is 10.1. The number of aromatic nitrogens is 3. The van der Waals surface area contributed by atoms with Gasteiger partial charge in [0, 0.05) is 17.5 Å². The van der Waals surface area contributed by atoms with Gasteiger partial charge in [0.1, 0.15) is 5.82 Å². The maximum atomic E-state index is 12.4. The first-order valence-corrected chi connectivity index (χ1v) is 8.42. The van der Waals surface area contributed by atoms with Crippen molar-refractivity contribution in [1.29, 1.82) is 0 Å². The van der Waals surface area contributed by atoms with E-state index in [2.05, 4.69) is 20.5 Å². The predicted molar refractivity (Wildman–Crippen MR) is 93.7 cm³/mol. The number of amides is 1. The maximum absolute atomic E-state index is 12.4. The van der Waals surface area contributed by atoms with Crippen LogP contribution in [0, 0.1) is 0 Å². The van der Waals surface area contributed by atoms with Gasteiger partial charge in [-0.2, -0.15) is 0 Å².